The highest BCUT2D eigenvalue weighted by Crippen LogP contribution is 2.32. The van der Waals surface area contributed by atoms with Crippen molar-refractivity contribution in [3.05, 3.63) is 40.3 Å². The Kier molecular flexibility index (Phi) is 6.30. The lowest BCUT2D eigenvalue weighted by Crippen LogP contribution is -2.37. The molecule has 1 fully saturated rings. The Morgan fingerprint density at radius 3 is 2.44 bits per heavy atom. The van der Waals surface area contributed by atoms with E-state index in [1.165, 1.54) is 5.56 Å². The molecule has 1 aromatic carbocycles. The van der Waals surface area contributed by atoms with E-state index in [9.17, 15) is 14.4 Å². The molecular weight excluding hydrogens is 360 g/mol. The van der Waals surface area contributed by atoms with Gasteiger partial charge in [-0.2, -0.15) is 0 Å². The van der Waals surface area contributed by atoms with Crippen molar-refractivity contribution in [2.24, 2.45) is 0 Å². The smallest absolute Gasteiger partial charge is 0.293 e. The van der Waals surface area contributed by atoms with E-state index in [0.717, 1.165) is 22.2 Å². The molecule has 1 aliphatic heterocycles. The Balaban J connectivity index is 2.05. The van der Waals surface area contributed by atoms with Crippen LogP contribution in [0.15, 0.2) is 29.2 Å². The summed E-state index contributed by atoms with van der Waals surface area (Å²) >= 11 is 6.30. The first kappa shape index (κ1) is 19.5. The molecule has 0 aromatic heterocycles. The van der Waals surface area contributed by atoms with Crippen LogP contribution < -0.4 is 5.32 Å². The van der Waals surface area contributed by atoms with Gasteiger partial charge in [-0.25, -0.2) is 0 Å². The molecule has 0 atom stereocenters. The van der Waals surface area contributed by atoms with Crippen molar-refractivity contribution in [1.82, 2.24) is 10.2 Å². The lowest BCUT2D eigenvalue weighted by molar-refractivity contribution is -0.123. The summed E-state index contributed by atoms with van der Waals surface area (Å²) in [5.41, 5.74) is 2.13. The topological polar surface area (TPSA) is 66.5 Å². The molecule has 0 bridgehead atoms. The SMILES string of the molecule is CC(C)(C)c1ccc(/C=C2/SC(=O)N(CCNC(=O)CCl)C2=O)cc1. The number of rotatable bonds is 5. The van der Waals surface area contributed by atoms with Crippen LogP contribution in [0.3, 0.4) is 0 Å². The molecule has 5 nitrogen and oxygen atoms in total. The van der Waals surface area contributed by atoms with Gasteiger partial charge in [0.1, 0.15) is 5.88 Å². The fourth-order valence-electron chi connectivity index (χ4n) is 2.28. The zero-order chi connectivity index (χ0) is 18.6. The second-order valence-corrected chi connectivity index (χ2v) is 7.95. The maximum atomic E-state index is 12.4. The first-order valence-corrected chi connectivity index (χ1v) is 9.26. The number of benzene rings is 1. The van der Waals surface area contributed by atoms with Crippen molar-refractivity contribution in [2.75, 3.05) is 19.0 Å². The lowest BCUT2D eigenvalue weighted by atomic mass is 9.87. The summed E-state index contributed by atoms with van der Waals surface area (Å²) in [5.74, 6) is -0.815. The molecule has 1 N–H and O–H groups in total. The largest absolute Gasteiger partial charge is 0.353 e. The monoisotopic (exact) mass is 380 g/mol. The Bertz CT molecular complexity index is 708. The molecule has 0 saturated carbocycles. The standard InChI is InChI=1S/C18H21ClN2O3S/c1-18(2,3)13-6-4-12(5-7-13)10-14-16(23)21(17(24)25-14)9-8-20-15(22)11-19/h4-7,10H,8-9,11H2,1-3H3,(H,20,22)/b14-10+. The second kappa shape index (κ2) is 8.06. The minimum Gasteiger partial charge on any atom is -0.353 e. The van der Waals surface area contributed by atoms with Gasteiger partial charge in [-0.05, 0) is 34.4 Å². The van der Waals surface area contributed by atoms with Gasteiger partial charge in [0, 0.05) is 13.1 Å². The quantitative estimate of drug-likeness (QED) is 0.628. The number of carbonyl (C=O) groups excluding carboxylic acids is 3. The normalized spacial score (nSPS) is 16.6. The number of thioether (sulfide) groups is 1. The van der Waals surface area contributed by atoms with Crippen LogP contribution in [0.5, 0.6) is 0 Å². The molecule has 2 rings (SSSR count). The third-order valence-electron chi connectivity index (χ3n) is 3.73. The number of nitrogens with zero attached hydrogens (tertiary/aromatic N) is 1. The van der Waals surface area contributed by atoms with Crippen LogP contribution in [0, 0.1) is 0 Å². The molecule has 0 aliphatic carbocycles. The van der Waals surface area contributed by atoms with E-state index >= 15 is 0 Å². The van der Waals surface area contributed by atoms with Gasteiger partial charge in [-0.15, -0.1) is 11.6 Å². The van der Waals surface area contributed by atoms with Gasteiger partial charge < -0.3 is 5.32 Å². The van der Waals surface area contributed by atoms with Crippen molar-refractivity contribution < 1.29 is 14.4 Å². The Hall–Kier alpha value is -1.79. The van der Waals surface area contributed by atoms with Crippen molar-refractivity contribution >= 4 is 46.5 Å². The van der Waals surface area contributed by atoms with E-state index in [1.807, 2.05) is 24.3 Å². The van der Waals surface area contributed by atoms with Crippen LogP contribution in [-0.4, -0.2) is 40.9 Å². The molecule has 3 amide bonds. The Morgan fingerprint density at radius 2 is 1.88 bits per heavy atom. The first-order valence-electron chi connectivity index (χ1n) is 7.91. The van der Waals surface area contributed by atoms with Gasteiger partial charge in [0.2, 0.25) is 5.91 Å². The number of alkyl halides is 1. The molecule has 1 aromatic rings. The fourth-order valence-corrected chi connectivity index (χ4v) is 3.24. The molecule has 1 heterocycles. The van der Waals surface area contributed by atoms with E-state index in [0.29, 0.717) is 4.91 Å². The molecule has 1 aliphatic rings. The van der Waals surface area contributed by atoms with Crippen LogP contribution in [0.25, 0.3) is 6.08 Å². The van der Waals surface area contributed by atoms with Gasteiger partial charge in [-0.3, -0.25) is 19.3 Å². The van der Waals surface area contributed by atoms with Gasteiger partial charge >= 0.3 is 0 Å². The number of carbonyl (C=O) groups is 3. The predicted molar refractivity (Wildman–Crippen MR) is 102 cm³/mol. The van der Waals surface area contributed by atoms with E-state index in [4.69, 9.17) is 11.6 Å². The van der Waals surface area contributed by atoms with Crippen LogP contribution in [0.2, 0.25) is 0 Å². The number of halogens is 1. The van der Waals surface area contributed by atoms with Crippen LogP contribution in [-0.2, 0) is 15.0 Å². The highest BCUT2D eigenvalue weighted by atomic mass is 35.5. The summed E-state index contributed by atoms with van der Waals surface area (Å²) in [6.07, 6.45) is 1.72. The number of nitrogens with one attached hydrogen (secondary N) is 1. The fraction of sp³-hybridized carbons (Fsp3) is 0.389. The molecule has 0 radical (unpaired) electrons. The van der Waals surface area contributed by atoms with Crippen LogP contribution >= 0.6 is 23.4 Å². The maximum Gasteiger partial charge on any atom is 0.293 e. The molecular formula is C18H21ClN2O3S. The summed E-state index contributed by atoms with van der Waals surface area (Å²) < 4.78 is 0. The predicted octanol–water partition coefficient (Wildman–Crippen LogP) is 3.38. The average molecular weight is 381 g/mol. The molecule has 1 saturated heterocycles. The van der Waals surface area contributed by atoms with Crippen molar-refractivity contribution in [3.63, 3.8) is 0 Å². The van der Waals surface area contributed by atoms with E-state index in [-0.39, 0.29) is 41.4 Å². The molecule has 0 unspecified atom stereocenters. The van der Waals surface area contributed by atoms with E-state index < -0.39 is 0 Å². The van der Waals surface area contributed by atoms with Gasteiger partial charge in [0.05, 0.1) is 4.91 Å². The lowest BCUT2D eigenvalue weighted by Gasteiger charge is -2.18. The van der Waals surface area contributed by atoms with Crippen molar-refractivity contribution in [2.45, 2.75) is 26.2 Å². The van der Waals surface area contributed by atoms with Crippen LogP contribution in [0.1, 0.15) is 31.9 Å². The Morgan fingerprint density at radius 1 is 1.24 bits per heavy atom. The third-order valence-corrected chi connectivity index (χ3v) is 4.88. The van der Waals surface area contributed by atoms with Gasteiger partial charge in [-0.1, -0.05) is 45.0 Å². The third kappa shape index (κ3) is 5.09. The maximum absolute atomic E-state index is 12.4. The highest BCUT2D eigenvalue weighted by molar-refractivity contribution is 8.18. The number of amides is 3. The molecule has 7 heteroatoms. The zero-order valence-corrected chi connectivity index (χ0v) is 16.0. The number of imide groups is 1. The van der Waals surface area contributed by atoms with Gasteiger partial charge in [0.25, 0.3) is 11.1 Å². The van der Waals surface area contributed by atoms with Gasteiger partial charge in [0.15, 0.2) is 0 Å². The first-order chi connectivity index (χ1) is 11.7. The summed E-state index contributed by atoms with van der Waals surface area (Å²) in [6, 6.07) is 7.93. The molecule has 134 valence electrons. The Labute approximate surface area is 156 Å². The minimum absolute atomic E-state index is 0.0594. The number of hydrogen-bond acceptors (Lipinski definition) is 4. The summed E-state index contributed by atoms with van der Waals surface area (Å²) in [7, 11) is 0. The van der Waals surface area contributed by atoms with Crippen molar-refractivity contribution in [1.29, 1.82) is 0 Å². The average Bonchev–Trinajstić information content (AvgIpc) is 2.81. The van der Waals surface area contributed by atoms with E-state index in [2.05, 4.69) is 26.1 Å². The minimum atomic E-state index is -0.338. The summed E-state index contributed by atoms with van der Waals surface area (Å²) in [6.45, 7) is 6.73. The van der Waals surface area contributed by atoms with Crippen molar-refractivity contribution in [3.8, 4) is 0 Å². The second-order valence-electron chi connectivity index (χ2n) is 6.69. The van der Waals surface area contributed by atoms with E-state index in [1.54, 1.807) is 6.08 Å². The molecule has 25 heavy (non-hydrogen) atoms. The summed E-state index contributed by atoms with van der Waals surface area (Å²) in [4.78, 5) is 37.0. The highest BCUT2D eigenvalue weighted by Gasteiger charge is 2.34. The number of hydrogen-bond donors (Lipinski definition) is 1. The van der Waals surface area contributed by atoms with Crippen LogP contribution in [0.4, 0.5) is 4.79 Å². The zero-order valence-electron chi connectivity index (χ0n) is 14.5. The summed E-state index contributed by atoms with van der Waals surface area (Å²) in [5, 5.41) is 2.21. The molecule has 0 spiro atoms.